The molecule has 0 spiro atoms. The normalized spacial score (nSPS) is 25.6. The first kappa shape index (κ1) is 14.0. The van der Waals surface area contributed by atoms with Crippen LogP contribution in [-0.2, 0) is 4.79 Å². The summed E-state index contributed by atoms with van der Waals surface area (Å²) in [7, 11) is 1.81. The number of amides is 1. The maximum absolute atomic E-state index is 12.6. The van der Waals surface area contributed by atoms with E-state index in [4.69, 9.17) is 5.26 Å². The lowest BCUT2D eigenvalue weighted by molar-refractivity contribution is -0.144. The minimum absolute atomic E-state index is 0.0104. The van der Waals surface area contributed by atoms with Gasteiger partial charge in [-0.3, -0.25) is 4.79 Å². The number of hydrogen-bond donors (Lipinski definition) is 1. The first-order valence-electron chi connectivity index (χ1n) is 6.30. The average Bonchev–Trinajstić information content (AvgIpc) is 2.77. The Kier molecular flexibility index (Phi) is 4.53. The molecule has 0 aliphatic carbocycles. The first-order chi connectivity index (χ1) is 7.95. The largest absolute Gasteiger partial charge is 0.341 e. The van der Waals surface area contributed by atoms with Crippen molar-refractivity contribution in [1.82, 2.24) is 10.2 Å². The minimum atomic E-state index is -0.279. The molecule has 17 heavy (non-hydrogen) atoms. The first-order valence-corrected chi connectivity index (χ1v) is 6.30. The number of nitrogens with one attached hydrogen (secondary N) is 1. The van der Waals surface area contributed by atoms with Crippen LogP contribution < -0.4 is 5.32 Å². The molecule has 1 fully saturated rings. The number of rotatable bonds is 4. The lowest BCUT2D eigenvalue weighted by Gasteiger charge is -2.37. The molecule has 2 unspecified atom stereocenters. The number of nitrogens with zero attached hydrogens (tertiary/aromatic N) is 2. The number of hydrogen-bond acceptors (Lipinski definition) is 3. The average molecular weight is 237 g/mol. The molecule has 2 atom stereocenters. The minimum Gasteiger partial charge on any atom is -0.341 e. The van der Waals surface area contributed by atoms with E-state index >= 15 is 0 Å². The van der Waals surface area contributed by atoms with Gasteiger partial charge in [0.1, 0.15) is 0 Å². The predicted octanol–water partition coefficient (Wildman–Crippen LogP) is 1.38. The highest BCUT2D eigenvalue weighted by Crippen LogP contribution is 2.36. The van der Waals surface area contributed by atoms with Gasteiger partial charge in [-0.25, -0.2) is 0 Å². The fourth-order valence-electron chi connectivity index (χ4n) is 2.45. The molecular weight excluding hydrogens is 214 g/mol. The zero-order valence-electron chi connectivity index (χ0n) is 11.3. The maximum Gasteiger partial charge on any atom is 0.230 e. The number of nitriles is 1. The Morgan fingerprint density at radius 3 is 2.59 bits per heavy atom. The van der Waals surface area contributed by atoms with Crippen LogP contribution in [0.15, 0.2) is 0 Å². The van der Waals surface area contributed by atoms with Crippen molar-refractivity contribution in [3.8, 4) is 6.07 Å². The molecule has 1 aliphatic rings. The lowest BCUT2D eigenvalue weighted by atomic mass is 9.75. The summed E-state index contributed by atoms with van der Waals surface area (Å²) in [6.07, 6.45) is 1.29. The molecule has 0 aromatic carbocycles. The zero-order valence-corrected chi connectivity index (χ0v) is 11.3. The molecule has 96 valence electrons. The maximum atomic E-state index is 12.6. The molecule has 0 saturated carbocycles. The van der Waals surface area contributed by atoms with Gasteiger partial charge in [0.25, 0.3) is 0 Å². The molecule has 0 aromatic heterocycles. The van der Waals surface area contributed by atoms with Gasteiger partial charge in [0.15, 0.2) is 0 Å². The van der Waals surface area contributed by atoms with Gasteiger partial charge in [0.05, 0.1) is 17.9 Å². The molecule has 1 heterocycles. The van der Waals surface area contributed by atoms with E-state index in [0.29, 0.717) is 12.3 Å². The molecule has 1 saturated heterocycles. The van der Waals surface area contributed by atoms with Gasteiger partial charge in [0, 0.05) is 19.6 Å². The van der Waals surface area contributed by atoms with E-state index in [2.05, 4.69) is 25.2 Å². The van der Waals surface area contributed by atoms with Gasteiger partial charge in [-0.15, -0.1) is 0 Å². The summed E-state index contributed by atoms with van der Waals surface area (Å²) in [5.41, 5.74) is -0.279. The third-order valence-corrected chi connectivity index (χ3v) is 4.09. The molecule has 1 aliphatic heterocycles. The Balaban J connectivity index is 2.83. The van der Waals surface area contributed by atoms with Crippen LogP contribution in [-0.4, -0.2) is 37.0 Å². The van der Waals surface area contributed by atoms with E-state index < -0.39 is 0 Å². The van der Waals surface area contributed by atoms with Crippen molar-refractivity contribution in [1.29, 1.82) is 5.26 Å². The van der Waals surface area contributed by atoms with Crippen molar-refractivity contribution < 1.29 is 4.79 Å². The predicted molar refractivity (Wildman–Crippen MR) is 67.2 cm³/mol. The van der Waals surface area contributed by atoms with Gasteiger partial charge < -0.3 is 10.2 Å². The van der Waals surface area contributed by atoms with Crippen molar-refractivity contribution in [3.63, 3.8) is 0 Å². The molecular formula is C13H23N3O. The van der Waals surface area contributed by atoms with E-state index in [1.807, 2.05) is 14.0 Å². The van der Waals surface area contributed by atoms with Gasteiger partial charge in [-0.05, 0) is 25.8 Å². The molecule has 0 bridgehead atoms. The molecule has 1 rings (SSSR count). The molecule has 1 amide bonds. The van der Waals surface area contributed by atoms with E-state index in [-0.39, 0.29) is 17.4 Å². The van der Waals surface area contributed by atoms with Crippen molar-refractivity contribution in [3.05, 3.63) is 0 Å². The Morgan fingerprint density at radius 2 is 2.18 bits per heavy atom. The molecule has 1 N–H and O–H groups in total. The smallest absolute Gasteiger partial charge is 0.230 e. The zero-order chi connectivity index (χ0) is 13.1. The highest BCUT2D eigenvalue weighted by molar-refractivity contribution is 5.83. The van der Waals surface area contributed by atoms with Crippen LogP contribution in [0.1, 0.15) is 33.6 Å². The Hall–Kier alpha value is -1.08. The lowest BCUT2D eigenvalue weighted by Crippen LogP contribution is -2.49. The summed E-state index contributed by atoms with van der Waals surface area (Å²) in [6, 6.07) is 2.12. The molecule has 0 aromatic rings. The van der Waals surface area contributed by atoms with E-state index in [0.717, 1.165) is 19.5 Å². The third kappa shape index (κ3) is 2.61. The summed E-state index contributed by atoms with van der Waals surface area (Å²) < 4.78 is 0. The van der Waals surface area contributed by atoms with E-state index in [1.165, 1.54) is 0 Å². The highest BCUT2D eigenvalue weighted by Gasteiger charge is 2.45. The second-order valence-corrected chi connectivity index (χ2v) is 5.36. The van der Waals surface area contributed by atoms with Crippen molar-refractivity contribution >= 4 is 5.91 Å². The Morgan fingerprint density at radius 1 is 1.53 bits per heavy atom. The molecule has 4 nitrogen and oxygen atoms in total. The van der Waals surface area contributed by atoms with Gasteiger partial charge in [-0.1, -0.05) is 13.8 Å². The fourth-order valence-corrected chi connectivity index (χ4v) is 2.45. The SMILES string of the molecule is CC(CC#N)N(C)C(=O)C1(C(C)C)CCNC1. The van der Waals surface area contributed by atoms with Gasteiger partial charge in [-0.2, -0.15) is 5.26 Å². The van der Waals surface area contributed by atoms with E-state index in [1.54, 1.807) is 4.90 Å². The van der Waals surface area contributed by atoms with Crippen molar-refractivity contribution in [2.75, 3.05) is 20.1 Å². The number of carbonyl (C=O) groups excluding carboxylic acids is 1. The van der Waals surface area contributed by atoms with Crippen LogP contribution >= 0.6 is 0 Å². The van der Waals surface area contributed by atoms with E-state index in [9.17, 15) is 4.79 Å². The van der Waals surface area contributed by atoms with Crippen LogP contribution in [0.4, 0.5) is 0 Å². The van der Waals surface area contributed by atoms with Crippen molar-refractivity contribution in [2.45, 2.75) is 39.7 Å². The molecule has 4 heteroatoms. The summed E-state index contributed by atoms with van der Waals surface area (Å²) in [6.45, 7) is 7.80. The number of carbonyl (C=O) groups is 1. The van der Waals surface area contributed by atoms with Crippen LogP contribution in [0.2, 0.25) is 0 Å². The highest BCUT2D eigenvalue weighted by atomic mass is 16.2. The quantitative estimate of drug-likeness (QED) is 0.803. The molecule has 0 radical (unpaired) electrons. The standard InChI is InChI=1S/C13H23N3O/c1-10(2)13(6-8-15-9-13)12(17)16(4)11(3)5-7-14/h10-11,15H,5-6,8-9H2,1-4H3. The van der Waals surface area contributed by atoms with Crippen LogP contribution in [0, 0.1) is 22.7 Å². The van der Waals surface area contributed by atoms with Gasteiger partial charge in [0.2, 0.25) is 5.91 Å². The summed E-state index contributed by atoms with van der Waals surface area (Å²) in [5.74, 6) is 0.502. The van der Waals surface area contributed by atoms with Crippen molar-refractivity contribution in [2.24, 2.45) is 11.3 Å². The fraction of sp³-hybridized carbons (Fsp3) is 0.846. The second-order valence-electron chi connectivity index (χ2n) is 5.36. The van der Waals surface area contributed by atoms with Crippen LogP contribution in [0.3, 0.4) is 0 Å². The summed E-state index contributed by atoms with van der Waals surface area (Å²) >= 11 is 0. The third-order valence-electron chi connectivity index (χ3n) is 4.09. The van der Waals surface area contributed by atoms with Gasteiger partial charge >= 0.3 is 0 Å². The monoisotopic (exact) mass is 237 g/mol. The topological polar surface area (TPSA) is 56.1 Å². The Labute approximate surface area is 104 Å². The van der Waals surface area contributed by atoms with Crippen LogP contribution in [0.25, 0.3) is 0 Å². The summed E-state index contributed by atoms with van der Waals surface area (Å²) in [5, 5.41) is 12.0. The Bertz CT molecular complexity index is 313. The van der Waals surface area contributed by atoms with Crippen LogP contribution in [0.5, 0.6) is 0 Å². The summed E-state index contributed by atoms with van der Waals surface area (Å²) in [4.78, 5) is 14.3. The second kappa shape index (κ2) is 5.50.